The van der Waals surface area contributed by atoms with E-state index in [9.17, 15) is 26.3 Å². The normalized spacial score (nSPS) is 14.6. The minimum absolute atomic E-state index is 0. The van der Waals surface area contributed by atoms with Crippen molar-refractivity contribution in [3.05, 3.63) is 90.0 Å². The molecule has 1 aromatic heterocycles. The van der Waals surface area contributed by atoms with E-state index in [2.05, 4.69) is 11.1 Å². The van der Waals surface area contributed by atoms with Crippen LogP contribution in [0.1, 0.15) is 11.1 Å². The molecule has 5 rings (SSSR count). The Bertz CT molecular complexity index is 1310. The molecule has 0 unspecified atom stereocenters. The van der Waals surface area contributed by atoms with Crippen LogP contribution in [0.25, 0.3) is 33.3 Å². The Morgan fingerprint density at radius 2 is 1.38 bits per heavy atom. The molecule has 4 aromatic rings. The van der Waals surface area contributed by atoms with E-state index < -0.39 is 28.9 Å². The molecule has 1 aliphatic carbocycles. The molecule has 0 aliphatic heterocycles. The molecule has 166 valence electrons. The van der Waals surface area contributed by atoms with Crippen LogP contribution in [0.15, 0.2) is 72.8 Å². The minimum atomic E-state index is -5.60. The summed E-state index contributed by atoms with van der Waals surface area (Å²) in [5.41, 5.74) is -5.12. The van der Waals surface area contributed by atoms with Crippen molar-refractivity contribution in [3.8, 4) is 22.4 Å². The smallest absolute Gasteiger partial charge is 0.296 e. The summed E-state index contributed by atoms with van der Waals surface area (Å²) in [4.78, 5) is 4.40. The Labute approximate surface area is 193 Å². The number of benzene rings is 3. The second-order valence-corrected chi connectivity index (χ2v) is 7.35. The number of hydrogen-bond acceptors (Lipinski definition) is 1. The standard InChI is InChI=1S/C24H12F6N.Pt/c25-23(26,27)22(24(28,29)30)18-7-3-2-6-16(18)17-11-9-15(13-19(17)22)21-12-10-14-5-1-4-8-20(14)31-21;/h1-8,10-13H;/q-1;. The zero-order chi connectivity index (χ0) is 22.0. The monoisotopic (exact) mass is 623 g/mol. The van der Waals surface area contributed by atoms with Gasteiger partial charge in [0.2, 0.25) is 0 Å². The summed E-state index contributed by atoms with van der Waals surface area (Å²) in [5, 5.41) is 0.805. The van der Waals surface area contributed by atoms with Gasteiger partial charge in [-0.3, -0.25) is 4.98 Å². The van der Waals surface area contributed by atoms with Crippen molar-refractivity contribution >= 4 is 10.9 Å². The molecule has 0 amide bonds. The summed E-state index contributed by atoms with van der Waals surface area (Å²) in [5.74, 6) is 0. The van der Waals surface area contributed by atoms with Gasteiger partial charge in [-0.2, -0.15) is 26.3 Å². The van der Waals surface area contributed by atoms with Crippen LogP contribution in [-0.2, 0) is 26.5 Å². The Balaban J connectivity index is 0.00000245. The second-order valence-electron chi connectivity index (χ2n) is 7.35. The Morgan fingerprint density at radius 1 is 0.719 bits per heavy atom. The first-order valence-corrected chi connectivity index (χ1v) is 9.30. The summed E-state index contributed by atoms with van der Waals surface area (Å²) in [6, 6.07) is 20.1. The van der Waals surface area contributed by atoms with Crippen LogP contribution in [0, 0.1) is 6.07 Å². The first-order valence-electron chi connectivity index (χ1n) is 9.30. The molecule has 8 heteroatoms. The van der Waals surface area contributed by atoms with Crippen molar-refractivity contribution in [2.75, 3.05) is 0 Å². The van der Waals surface area contributed by atoms with Crippen molar-refractivity contribution in [2.24, 2.45) is 0 Å². The van der Waals surface area contributed by atoms with E-state index in [0.717, 1.165) is 17.5 Å². The van der Waals surface area contributed by atoms with Gasteiger partial charge in [-0.05, 0) is 22.7 Å². The van der Waals surface area contributed by atoms with Crippen LogP contribution in [0.2, 0.25) is 0 Å². The Hall–Kier alpha value is -2.66. The quantitative estimate of drug-likeness (QED) is 0.163. The third kappa shape index (κ3) is 3.01. The first kappa shape index (κ1) is 22.5. The van der Waals surface area contributed by atoms with E-state index in [0.29, 0.717) is 5.52 Å². The van der Waals surface area contributed by atoms with E-state index in [4.69, 9.17) is 0 Å². The van der Waals surface area contributed by atoms with Crippen LogP contribution in [0.5, 0.6) is 0 Å². The van der Waals surface area contributed by atoms with Crippen LogP contribution in [0.3, 0.4) is 0 Å². The minimum Gasteiger partial charge on any atom is -0.296 e. The molecule has 0 spiro atoms. The molecule has 32 heavy (non-hydrogen) atoms. The molecular formula is C24H12F6NPt-. The molecule has 1 heterocycles. The van der Waals surface area contributed by atoms with E-state index in [-0.39, 0.29) is 43.4 Å². The summed E-state index contributed by atoms with van der Waals surface area (Å²) in [7, 11) is 0. The van der Waals surface area contributed by atoms with E-state index in [1.165, 1.54) is 24.3 Å². The van der Waals surface area contributed by atoms with Gasteiger partial charge in [0.05, 0.1) is 5.52 Å². The third-order valence-electron chi connectivity index (χ3n) is 5.70. The largest absolute Gasteiger partial charge is 0.409 e. The number of nitrogens with zero attached hydrogens (tertiary/aromatic N) is 1. The van der Waals surface area contributed by atoms with E-state index in [1.54, 1.807) is 24.3 Å². The number of halogens is 6. The third-order valence-corrected chi connectivity index (χ3v) is 5.70. The first-order chi connectivity index (χ1) is 14.6. The van der Waals surface area contributed by atoms with Crippen molar-refractivity contribution in [1.29, 1.82) is 0 Å². The summed E-state index contributed by atoms with van der Waals surface area (Å²) in [6.45, 7) is 0. The van der Waals surface area contributed by atoms with Crippen molar-refractivity contribution in [2.45, 2.75) is 17.8 Å². The molecule has 0 saturated carbocycles. The number of aromatic nitrogens is 1. The van der Waals surface area contributed by atoms with Gasteiger partial charge in [-0.25, -0.2) is 0 Å². The average molecular weight is 623 g/mol. The number of alkyl halides is 6. The second kappa shape index (κ2) is 7.44. The average Bonchev–Trinajstić information content (AvgIpc) is 3.04. The van der Waals surface area contributed by atoms with Gasteiger partial charge >= 0.3 is 12.4 Å². The molecule has 0 N–H and O–H groups in total. The van der Waals surface area contributed by atoms with Crippen molar-refractivity contribution < 1.29 is 47.4 Å². The Kier molecular flexibility index (Phi) is 5.24. The molecule has 3 aromatic carbocycles. The number of fused-ring (bicyclic) bond motifs is 4. The van der Waals surface area contributed by atoms with Crippen LogP contribution >= 0.6 is 0 Å². The van der Waals surface area contributed by atoms with Gasteiger partial charge in [0.15, 0.2) is 5.41 Å². The summed E-state index contributed by atoms with van der Waals surface area (Å²) < 4.78 is 85.6. The summed E-state index contributed by atoms with van der Waals surface area (Å²) in [6.07, 6.45) is -11.2. The maximum atomic E-state index is 14.3. The SMILES string of the molecule is FC(F)(F)C1(C(F)(F)F)c2ccccc2-c2c[c-]c(-c3ccc4ccccc4n3)cc21.[Pt]. The molecule has 0 bridgehead atoms. The topological polar surface area (TPSA) is 12.9 Å². The number of pyridine rings is 1. The van der Waals surface area contributed by atoms with Gasteiger partial charge in [0, 0.05) is 21.1 Å². The number of para-hydroxylation sites is 1. The molecular weight excluding hydrogens is 611 g/mol. The zero-order valence-electron chi connectivity index (χ0n) is 16.0. The molecule has 1 nitrogen and oxygen atoms in total. The van der Waals surface area contributed by atoms with Gasteiger partial charge in [-0.15, -0.1) is 23.8 Å². The predicted molar refractivity (Wildman–Crippen MR) is 104 cm³/mol. The van der Waals surface area contributed by atoms with Crippen LogP contribution < -0.4 is 0 Å². The van der Waals surface area contributed by atoms with E-state index in [1.807, 2.05) is 12.1 Å². The predicted octanol–water partition coefficient (Wildman–Crippen LogP) is 7.09. The van der Waals surface area contributed by atoms with Crippen molar-refractivity contribution in [1.82, 2.24) is 4.98 Å². The van der Waals surface area contributed by atoms with Gasteiger partial charge < -0.3 is 0 Å². The van der Waals surface area contributed by atoms with Crippen LogP contribution in [-0.4, -0.2) is 17.3 Å². The fourth-order valence-corrected chi connectivity index (χ4v) is 4.35. The van der Waals surface area contributed by atoms with Crippen LogP contribution in [0.4, 0.5) is 26.3 Å². The number of hydrogen-bond donors (Lipinski definition) is 0. The summed E-state index contributed by atoms with van der Waals surface area (Å²) >= 11 is 0. The maximum absolute atomic E-state index is 14.3. The zero-order valence-corrected chi connectivity index (χ0v) is 18.2. The van der Waals surface area contributed by atoms with Crippen molar-refractivity contribution in [3.63, 3.8) is 0 Å². The molecule has 1 aliphatic rings. The maximum Gasteiger partial charge on any atom is 0.409 e. The fourth-order valence-electron chi connectivity index (χ4n) is 4.35. The molecule has 0 radical (unpaired) electrons. The fraction of sp³-hybridized carbons (Fsp3) is 0.125. The van der Waals surface area contributed by atoms with Gasteiger partial charge in [0.1, 0.15) is 0 Å². The van der Waals surface area contributed by atoms with E-state index >= 15 is 0 Å². The molecule has 0 atom stereocenters. The number of rotatable bonds is 1. The van der Waals surface area contributed by atoms with Gasteiger partial charge in [0.25, 0.3) is 0 Å². The van der Waals surface area contributed by atoms with Gasteiger partial charge in [-0.1, -0.05) is 71.3 Å². The molecule has 0 fully saturated rings. The Morgan fingerprint density at radius 3 is 2.09 bits per heavy atom. The molecule has 0 saturated heterocycles.